The number of amides is 1. The van der Waals surface area contributed by atoms with Gasteiger partial charge in [-0.3, -0.25) is 4.79 Å². The highest BCUT2D eigenvalue weighted by atomic mass is 16.2. The number of hydrogen-bond acceptors (Lipinski definition) is 2. The van der Waals surface area contributed by atoms with Crippen LogP contribution in [0.2, 0.25) is 0 Å². The molecular formula is C14H22N2O. The molecule has 0 unspecified atom stereocenters. The number of hydrogen-bond donors (Lipinski definition) is 1. The van der Waals surface area contributed by atoms with Gasteiger partial charge in [0, 0.05) is 12.7 Å². The molecule has 0 saturated heterocycles. The first-order valence-corrected chi connectivity index (χ1v) is 6.01. The molecule has 1 aromatic carbocycles. The van der Waals surface area contributed by atoms with Crippen molar-refractivity contribution >= 4 is 11.6 Å². The second-order valence-corrected chi connectivity index (χ2v) is 4.97. The molecule has 1 atom stereocenters. The number of rotatable bonds is 4. The summed E-state index contributed by atoms with van der Waals surface area (Å²) in [6.45, 7) is 6.15. The van der Waals surface area contributed by atoms with Gasteiger partial charge in [0.25, 0.3) is 0 Å². The Morgan fingerprint density at radius 1 is 1.41 bits per heavy atom. The number of nitrogens with two attached hydrogens (primary N) is 1. The summed E-state index contributed by atoms with van der Waals surface area (Å²) in [5.74, 6) is 0.407. The van der Waals surface area contributed by atoms with Gasteiger partial charge in [-0.1, -0.05) is 26.0 Å². The third-order valence-electron chi connectivity index (χ3n) is 2.76. The van der Waals surface area contributed by atoms with Crippen molar-refractivity contribution in [3.63, 3.8) is 0 Å². The molecule has 3 heteroatoms. The summed E-state index contributed by atoms with van der Waals surface area (Å²) in [7, 11) is 1.78. The van der Waals surface area contributed by atoms with Crippen LogP contribution in [0.4, 0.5) is 5.69 Å². The first-order chi connectivity index (χ1) is 7.91. The van der Waals surface area contributed by atoms with E-state index in [9.17, 15) is 4.79 Å². The quantitative estimate of drug-likeness (QED) is 0.869. The Bertz CT molecular complexity index is 388. The van der Waals surface area contributed by atoms with Crippen molar-refractivity contribution < 1.29 is 4.79 Å². The summed E-state index contributed by atoms with van der Waals surface area (Å²) < 4.78 is 0. The highest BCUT2D eigenvalue weighted by Crippen LogP contribution is 2.16. The zero-order chi connectivity index (χ0) is 13.0. The molecule has 0 aromatic heterocycles. The number of nitrogens with zero attached hydrogens (tertiary/aromatic N) is 1. The summed E-state index contributed by atoms with van der Waals surface area (Å²) in [6.07, 6.45) is 0.717. The molecule has 1 amide bonds. The summed E-state index contributed by atoms with van der Waals surface area (Å²) in [5.41, 5.74) is 7.94. The largest absolute Gasteiger partial charge is 0.320 e. The van der Waals surface area contributed by atoms with E-state index in [1.165, 1.54) is 0 Å². The van der Waals surface area contributed by atoms with Crippen LogP contribution in [-0.2, 0) is 4.79 Å². The van der Waals surface area contributed by atoms with Gasteiger partial charge in [0.1, 0.15) is 0 Å². The molecule has 0 saturated carbocycles. The van der Waals surface area contributed by atoms with Gasteiger partial charge in [-0.25, -0.2) is 0 Å². The predicted octanol–water partition coefficient (Wildman–Crippen LogP) is 2.33. The van der Waals surface area contributed by atoms with Crippen LogP contribution in [0.3, 0.4) is 0 Å². The molecule has 0 fully saturated rings. The third-order valence-corrected chi connectivity index (χ3v) is 2.76. The summed E-state index contributed by atoms with van der Waals surface area (Å²) >= 11 is 0. The maximum absolute atomic E-state index is 12.1. The molecular weight excluding hydrogens is 212 g/mol. The number of carbonyl (C=O) groups excluding carboxylic acids is 1. The molecule has 0 aliphatic heterocycles. The van der Waals surface area contributed by atoms with Crippen molar-refractivity contribution in [1.29, 1.82) is 0 Å². The zero-order valence-electron chi connectivity index (χ0n) is 11.1. The van der Waals surface area contributed by atoms with Crippen molar-refractivity contribution in [2.45, 2.75) is 33.2 Å². The highest BCUT2D eigenvalue weighted by molar-refractivity contribution is 5.96. The van der Waals surface area contributed by atoms with Gasteiger partial charge in [0.2, 0.25) is 5.91 Å². The minimum absolute atomic E-state index is 0.0238. The van der Waals surface area contributed by atoms with Crippen LogP contribution in [0.15, 0.2) is 24.3 Å². The maximum atomic E-state index is 12.1. The molecule has 0 radical (unpaired) electrons. The summed E-state index contributed by atoms with van der Waals surface area (Å²) in [5, 5.41) is 0. The van der Waals surface area contributed by atoms with Gasteiger partial charge in [0.15, 0.2) is 0 Å². The van der Waals surface area contributed by atoms with Crippen LogP contribution in [-0.4, -0.2) is 19.0 Å². The van der Waals surface area contributed by atoms with Crippen molar-refractivity contribution in [1.82, 2.24) is 0 Å². The van der Waals surface area contributed by atoms with E-state index in [0.29, 0.717) is 5.92 Å². The molecule has 1 aromatic rings. The lowest BCUT2D eigenvalue weighted by atomic mass is 10.0. The first kappa shape index (κ1) is 13.7. The number of likely N-dealkylation sites (N-methyl/N-ethyl adjacent to an activating group) is 1. The van der Waals surface area contributed by atoms with Crippen LogP contribution in [0.1, 0.15) is 25.8 Å². The summed E-state index contributed by atoms with van der Waals surface area (Å²) in [6, 6.07) is 7.45. The average molecular weight is 234 g/mol. The van der Waals surface area contributed by atoms with E-state index >= 15 is 0 Å². The van der Waals surface area contributed by atoms with Crippen molar-refractivity contribution in [3.8, 4) is 0 Å². The number of anilines is 1. The fourth-order valence-electron chi connectivity index (χ4n) is 1.82. The Labute approximate surface area is 104 Å². The van der Waals surface area contributed by atoms with E-state index < -0.39 is 6.04 Å². The fourth-order valence-corrected chi connectivity index (χ4v) is 1.82. The minimum atomic E-state index is -0.416. The van der Waals surface area contributed by atoms with E-state index in [-0.39, 0.29) is 5.91 Å². The molecule has 94 valence electrons. The van der Waals surface area contributed by atoms with Gasteiger partial charge in [-0.2, -0.15) is 0 Å². The lowest BCUT2D eigenvalue weighted by Crippen LogP contribution is -2.42. The van der Waals surface area contributed by atoms with Gasteiger partial charge < -0.3 is 10.6 Å². The van der Waals surface area contributed by atoms with Gasteiger partial charge >= 0.3 is 0 Å². The highest BCUT2D eigenvalue weighted by Gasteiger charge is 2.19. The Hall–Kier alpha value is -1.35. The SMILES string of the molecule is Cc1cccc(N(C)C(=O)[C@H](N)CC(C)C)c1. The third kappa shape index (κ3) is 3.86. The smallest absolute Gasteiger partial charge is 0.243 e. The standard InChI is InChI=1S/C14H22N2O/c1-10(2)8-13(15)14(17)16(4)12-7-5-6-11(3)9-12/h5-7,9-10,13H,8,15H2,1-4H3/t13-/m1/s1. The second-order valence-electron chi connectivity index (χ2n) is 4.97. The minimum Gasteiger partial charge on any atom is -0.320 e. The number of benzene rings is 1. The zero-order valence-corrected chi connectivity index (χ0v) is 11.1. The average Bonchev–Trinajstić information content (AvgIpc) is 2.26. The molecule has 0 aliphatic carbocycles. The second kappa shape index (κ2) is 5.82. The van der Waals surface area contributed by atoms with Crippen LogP contribution < -0.4 is 10.6 Å². The molecule has 0 bridgehead atoms. The monoisotopic (exact) mass is 234 g/mol. The number of carbonyl (C=O) groups is 1. The van der Waals surface area contributed by atoms with Crippen LogP contribution >= 0.6 is 0 Å². The van der Waals surface area contributed by atoms with Gasteiger partial charge in [0.05, 0.1) is 6.04 Å². The first-order valence-electron chi connectivity index (χ1n) is 6.01. The Balaban J connectivity index is 2.76. The van der Waals surface area contributed by atoms with Crippen LogP contribution in [0, 0.1) is 12.8 Å². The summed E-state index contributed by atoms with van der Waals surface area (Å²) in [4.78, 5) is 13.7. The molecule has 17 heavy (non-hydrogen) atoms. The topological polar surface area (TPSA) is 46.3 Å². The van der Waals surface area contributed by atoms with Crippen molar-refractivity contribution in [3.05, 3.63) is 29.8 Å². The molecule has 3 nitrogen and oxygen atoms in total. The van der Waals surface area contributed by atoms with E-state index in [1.807, 2.05) is 31.2 Å². The predicted molar refractivity (Wildman–Crippen MR) is 72.0 cm³/mol. The normalized spacial score (nSPS) is 12.6. The van der Waals surface area contributed by atoms with E-state index in [4.69, 9.17) is 5.73 Å². The molecule has 0 heterocycles. The Morgan fingerprint density at radius 2 is 2.06 bits per heavy atom. The Morgan fingerprint density at radius 3 is 2.59 bits per heavy atom. The van der Waals surface area contributed by atoms with E-state index in [1.54, 1.807) is 11.9 Å². The van der Waals surface area contributed by atoms with Crippen LogP contribution in [0.5, 0.6) is 0 Å². The maximum Gasteiger partial charge on any atom is 0.243 e. The lowest BCUT2D eigenvalue weighted by molar-refractivity contribution is -0.119. The van der Waals surface area contributed by atoms with E-state index in [2.05, 4.69) is 13.8 Å². The molecule has 1 rings (SSSR count). The van der Waals surface area contributed by atoms with Crippen LogP contribution in [0.25, 0.3) is 0 Å². The molecule has 0 spiro atoms. The molecule has 0 aliphatic rings. The van der Waals surface area contributed by atoms with Crippen molar-refractivity contribution in [2.75, 3.05) is 11.9 Å². The number of aryl methyl sites for hydroxylation is 1. The fraction of sp³-hybridized carbons (Fsp3) is 0.500. The van der Waals surface area contributed by atoms with Gasteiger partial charge in [-0.15, -0.1) is 0 Å². The lowest BCUT2D eigenvalue weighted by Gasteiger charge is -2.22. The van der Waals surface area contributed by atoms with Gasteiger partial charge in [-0.05, 0) is 37.0 Å². The van der Waals surface area contributed by atoms with Crippen molar-refractivity contribution in [2.24, 2.45) is 11.7 Å². The Kier molecular flexibility index (Phi) is 4.70. The molecule has 2 N–H and O–H groups in total. The van der Waals surface area contributed by atoms with E-state index in [0.717, 1.165) is 17.7 Å².